The van der Waals surface area contributed by atoms with Gasteiger partial charge in [0.2, 0.25) is 0 Å². The molecule has 7 nitrogen and oxygen atoms in total. The van der Waals surface area contributed by atoms with Gasteiger partial charge in [-0.2, -0.15) is 0 Å². The van der Waals surface area contributed by atoms with Gasteiger partial charge in [-0.3, -0.25) is 14.7 Å². The molecule has 2 unspecified atom stereocenters. The minimum absolute atomic E-state index is 0.736. The molecule has 2 bridgehead atoms. The van der Waals surface area contributed by atoms with Crippen molar-refractivity contribution in [2.45, 2.75) is 268 Å². The third-order valence-electron chi connectivity index (χ3n) is 15.0. The van der Waals surface area contributed by atoms with Gasteiger partial charge in [0.25, 0.3) is 0 Å². The first-order valence-corrected chi connectivity index (χ1v) is 26.6. The fourth-order valence-electron chi connectivity index (χ4n) is 10.9. The van der Waals surface area contributed by atoms with E-state index >= 15 is 0 Å². The summed E-state index contributed by atoms with van der Waals surface area (Å²) in [5.41, 5.74) is 0. The second-order valence-corrected chi connectivity index (χ2v) is 22.4. The number of fused-ring (bicyclic) bond motifs is 2. The van der Waals surface area contributed by atoms with Gasteiger partial charge >= 0.3 is 0 Å². The van der Waals surface area contributed by atoms with Crippen molar-refractivity contribution in [1.82, 2.24) is 34.7 Å². The molecule has 7 rings (SSSR count). The number of nitrogens with zero attached hydrogens (tertiary/aromatic N) is 6. The molecule has 0 aromatic carbocycles. The van der Waals surface area contributed by atoms with Gasteiger partial charge in [0.15, 0.2) is 0 Å². The molecule has 0 spiro atoms. The Balaban J connectivity index is 0.000000248. The molecular weight excluding hydrogens is 735 g/mol. The first kappa shape index (κ1) is 55.9. The summed E-state index contributed by atoms with van der Waals surface area (Å²) in [4.78, 5) is 15.5. The third-order valence-corrected chi connectivity index (χ3v) is 15.0. The Labute approximate surface area is 378 Å². The molecule has 0 saturated carbocycles. The largest absolute Gasteiger partial charge is 0.309 e. The minimum Gasteiger partial charge on any atom is -0.309 e. The van der Waals surface area contributed by atoms with Gasteiger partial charge in [-0.25, -0.2) is 0 Å². The predicted molar refractivity (Wildman–Crippen MR) is 268 cm³/mol. The van der Waals surface area contributed by atoms with Crippen molar-refractivity contribution in [3.05, 3.63) is 0 Å². The number of nitrogens with one attached hydrogen (secondary N) is 1. The lowest BCUT2D eigenvalue weighted by molar-refractivity contribution is 0.123. The maximum atomic E-state index is 3.63. The molecule has 0 radical (unpaired) electrons. The highest BCUT2D eigenvalue weighted by Crippen LogP contribution is 2.22. The van der Waals surface area contributed by atoms with Crippen LogP contribution in [-0.2, 0) is 0 Å². The number of hydrogen-bond donors (Lipinski definition) is 1. The Hall–Kier alpha value is -0.280. The molecule has 0 aromatic heterocycles. The van der Waals surface area contributed by atoms with Gasteiger partial charge < -0.3 is 20.0 Å². The standard InChI is InChI=1S/C9H18N2.4C9H19N.C8H17N/c1-7(2)11-5-8-3-4-9(6-11)10-8;2*1-8(2)10-6-4-5-9(3)7-10;2*1-8(2)10-7-5-4-6-9(10)3;1-8(2)9-6-4-3-5-7-9/h7-10H,3-6H2,1-2H3;4*8-9H,4-7H2,1-3H3;8H,3-7H2,1-2H3/t;4*9-;/m.1010./s1. The normalized spacial score (nSPS) is 30.1. The molecule has 7 heteroatoms. The zero-order valence-electron chi connectivity index (χ0n) is 43.8. The zero-order valence-corrected chi connectivity index (χ0v) is 43.8. The number of piperazine rings is 1. The summed E-state index contributed by atoms with van der Waals surface area (Å²) in [5.74, 6) is 1.85. The molecule has 60 heavy (non-hydrogen) atoms. The van der Waals surface area contributed by atoms with Gasteiger partial charge in [0.1, 0.15) is 0 Å². The van der Waals surface area contributed by atoms with Crippen molar-refractivity contribution in [3.63, 3.8) is 0 Å². The lowest BCUT2D eigenvalue weighted by Crippen LogP contribution is -2.53. The zero-order chi connectivity index (χ0) is 44.8. The molecule has 7 aliphatic rings. The van der Waals surface area contributed by atoms with Crippen molar-refractivity contribution in [3.8, 4) is 0 Å². The van der Waals surface area contributed by atoms with Gasteiger partial charge in [0.05, 0.1) is 0 Å². The van der Waals surface area contributed by atoms with E-state index in [-0.39, 0.29) is 0 Å². The summed E-state index contributed by atoms with van der Waals surface area (Å²) in [6.07, 6.45) is 21.2. The van der Waals surface area contributed by atoms with Gasteiger partial charge in [-0.05, 0) is 225 Å². The van der Waals surface area contributed by atoms with Crippen molar-refractivity contribution < 1.29 is 0 Å². The molecule has 0 aromatic rings. The third kappa shape index (κ3) is 22.6. The highest BCUT2D eigenvalue weighted by atomic mass is 15.2. The van der Waals surface area contributed by atoms with Crippen LogP contribution >= 0.6 is 0 Å². The summed E-state index contributed by atoms with van der Waals surface area (Å²) >= 11 is 0. The Bertz CT molecular complexity index is 961. The van der Waals surface area contributed by atoms with E-state index in [0.29, 0.717) is 0 Å². The van der Waals surface area contributed by atoms with Crippen LogP contribution in [0, 0.1) is 11.8 Å². The van der Waals surface area contributed by atoms with E-state index in [4.69, 9.17) is 0 Å². The summed E-state index contributed by atoms with van der Waals surface area (Å²) in [7, 11) is 0. The highest BCUT2D eigenvalue weighted by molar-refractivity contribution is 4.93. The second kappa shape index (κ2) is 30.8. The van der Waals surface area contributed by atoms with Crippen LogP contribution in [0.4, 0.5) is 0 Å². The number of rotatable bonds is 6. The number of likely N-dealkylation sites (tertiary alicyclic amines) is 6. The van der Waals surface area contributed by atoms with E-state index in [2.05, 4.69) is 145 Å². The van der Waals surface area contributed by atoms with E-state index in [1.807, 2.05) is 0 Å². The topological polar surface area (TPSA) is 31.5 Å². The van der Waals surface area contributed by atoms with E-state index < -0.39 is 0 Å². The average molecular weight is 847 g/mol. The highest BCUT2D eigenvalue weighted by Gasteiger charge is 2.32. The Kier molecular flexibility index (Phi) is 28.7. The lowest BCUT2D eigenvalue weighted by Gasteiger charge is -2.36. The lowest BCUT2D eigenvalue weighted by atomic mass is 9.99. The van der Waals surface area contributed by atoms with Crippen LogP contribution in [0.25, 0.3) is 0 Å². The molecule has 7 aliphatic heterocycles. The van der Waals surface area contributed by atoms with Crippen LogP contribution in [-0.4, -0.2) is 155 Å². The van der Waals surface area contributed by atoms with Crippen molar-refractivity contribution in [2.24, 2.45) is 11.8 Å². The van der Waals surface area contributed by atoms with Crippen LogP contribution < -0.4 is 5.32 Å². The monoisotopic (exact) mass is 846 g/mol. The molecule has 0 aliphatic carbocycles. The van der Waals surface area contributed by atoms with Crippen LogP contribution in [0.3, 0.4) is 0 Å². The SMILES string of the molecule is CC(C)N1CC2CCC(C1)N2.CC(C)N1CCCCC1.CC(C)N1CCCC[C@@H]1C.CC(C)N1CCCC[C@H]1C.CC(C)N1CCC[C@@H](C)C1.CC(C)N1CCC[C@H](C)C1. The first-order chi connectivity index (χ1) is 28.4. The summed E-state index contributed by atoms with van der Waals surface area (Å²) < 4.78 is 0. The van der Waals surface area contributed by atoms with Crippen LogP contribution in [0.1, 0.15) is 207 Å². The van der Waals surface area contributed by atoms with Gasteiger partial charge in [-0.1, -0.05) is 33.1 Å². The maximum absolute atomic E-state index is 3.63. The fourth-order valence-corrected chi connectivity index (χ4v) is 10.9. The predicted octanol–water partition coefficient (Wildman–Crippen LogP) is 11.5. The second-order valence-electron chi connectivity index (χ2n) is 22.4. The molecule has 6 atom stereocenters. The quantitative estimate of drug-likeness (QED) is 0.285. The summed E-state index contributed by atoms with van der Waals surface area (Å²) in [6, 6.07) is 7.76. The van der Waals surface area contributed by atoms with Crippen LogP contribution in [0.2, 0.25) is 0 Å². The van der Waals surface area contributed by atoms with E-state index in [9.17, 15) is 0 Å². The Morgan fingerprint density at radius 3 is 0.933 bits per heavy atom. The average Bonchev–Trinajstić information content (AvgIpc) is 3.56. The van der Waals surface area contributed by atoms with E-state index in [1.165, 1.54) is 162 Å². The molecule has 7 heterocycles. The summed E-state index contributed by atoms with van der Waals surface area (Å²) in [5, 5.41) is 3.63. The van der Waals surface area contributed by atoms with Gasteiger partial charge in [0, 0.05) is 86.6 Å². The maximum Gasteiger partial charge on any atom is 0.0198 e. The smallest absolute Gasteiger partial charge is 0.0198 e. The van der Waals surface area contributed by atoms with Crippen molar-refractivity contribution in [2.75, 3.05) is 65.4 Å². The Morgan fingerprint density at radius 1 is 0.317 bits per heavy atom. The van der Waals surface area contributed by atoms with Crippen molar-refractivity contribution >= 4 is 0 Å². The summed E-state index contributed by atoms with van der Waals surface area (Å²) in [6.45, 7) is 50.0. The van der Waals surface area contributed by atoms with E-state index in [1.54, 1.807) is 0 Å². The van der Waals surface area contributed by atoms with Gasteiger partial charge in [-0.15, -0.1) is 0 Å². The minimum atomic E-state index is 0.736. The number of hydrogen-bond acceptors (Lipinski definition) is 7. The number of piperidine rings is 5. The van der Waals surface area contributed by atoms with Crippen LogP contribution in [0.5, 0.6) is 0 Å². The molecular formula is C53H111N7. The first-order valence-electron chi connectivity index (χ1n) is 26.6. The van der Waals surface area contributed by atoms with Crippen molar-refractivity contribution in [1.29, 1.82) is 0 Å². The molecule has 358 valence electrons. The Morgan fingerprint density at radius 2 is 0.667 bits per heavy atom. The van der Waals surface area contributed by atoms with E-state index in [0.717, 1.165) is 72.3 Å². The molecule has 1 N–H and O–H groups in total. The fraction of sp³-hybridized carbons (Fsp3) is 1.00. The molecule has 7 fully saturated rings. The molecule has 0 amide bonds. The van der Waals surface area contributed by atoms with Crippen LogP contribution in [0.15, 0.2) is 0 Å². The molecule has 7 saturated heterocycles.